The van der Waals surface area contributed by atoms with Gasteiger partial charge in [0, 0.05) is 17.8 Å². The van der Waals surface area contributed by atoms with Crippen molar-refractivity contribution in [1.82, 2.24) is 14.4 Å². The molecule has 4 nitrogen and oxygen atoms in total. The molecule has 1 saturated carbocycles. The molecule has 21 heavy (non-hydrogen) atoms. The molecule has 0 unspecified atom stereocenters. The van der Waals surface area contributed by atoms with E-state index in [9.17, 15) is 0 Å². The van der Waals surface area contributed by atoms with E-state index in [2.05, 4.69) is 36.5 Å². The van der Waals surface area contributed by atoms with Gasteiger partial charge in [-0.15, -0.1) is 0 Å². The zero-order chi connectivity index (χ0) is 14.4. The van der Waals surface area contributed by atoms with Crippen LogP contribution in [0.2, 0.25) is 0 Å². The molecule has 0 spiro atoms. The summed E-state index contributed by atoms with van der Waals surface area (Å²) in [6.07, 6.45) is 6.49. The maximum Gasteiger partial charge on any atom is 0.140 e. The van der Waals surface area contributed by atoms with Gasteiger partial charge in [0.2, 0.25) is 0 Å². The molecule has 3 heterocycles. The van der Waals surface area contributed by atoms with Crippen LogP contribution in [0.5, 0.6) is 5.75 Å². The largest absolute Gasteiger partial charge is 0.496 e. The zero-order valence-electron chi connectivity index (χ0n) is 11.6. The molecular weight excluding hydrogens is 330 g/mol. The minimum atomic E-state index is 0.620. The maximum atomic E-state index is 5.51. The van der Waals surface area contributed by atoms with Gasteiger partial charge in [-0.25, -0.2) is 9.97 Å². The van der Waals surface area contributed by atoms with Crippen molar-refractivity contribution in [3.05, 3.63) is 46.8 Å². The van der Waals surface area contributed by atoms with Crippen LogP contribution in [0, 0.1) is 0 Å². The molecular formula is C16H14BrN3O. The Bertz CT molecular complexity index is 824. The van der Waals surface area contributed by atoms with Gasteiger partial charge in [-0.1, -0.05) is 6.07 Å². The van der Waals surface area contributed by atoms with Crippen LogP contribution >= 0.6 is 15.9 Å². The Labute approximate surface area is 130 Å². The van der Waals surface area contributed by atoms with Crippen molar-refractivity contribution in [1.29, 1.82) is 0 Å². The van der Waals surface area contributed by atoms with Crippen LogP contribution in [0.4, 0.5) is 0 Å². The molecule has 0 bridgehead atoms. The first-order chi connectivity index (χ1) is 10.3. The summed E-state index contributed by atoms with van der Waals surface area (Å²) in [5, 5.41) is 0. The second kappa shape index (κ2) is 4.84. The Kier molecular flexibility index (Phi) is 2.96. The van der Waals surface area contributed by atoms with Crippen molar-refractivity contribution in [2.45, 2.75) is 18.8 Å². The summed E-state index contributed by atoms with van der Waals surface area (Å²) in [6, 6.07) is 7.91. The number of hydrogen-bond donors (Lipinski definition) is 0. The number of rotatable bonds is 3. The predicted octanol–water partition coefficient (Wildman–Crippen LogP) is 4.04. The quantitative estimate of drug-likeness (QED) is 0.673. The second-order valence-corrected chi connectivity index (χ2v) is 6.10. The van der Waals surface area contributed by atoms with Gasteiger partial charge >= 0.3 is 0 Å². The summed E-state index contributed by atoms with van der Waals surface area (Å²) >= 11 is 3.42. The van der Waals surface area contributed by atoms with Crippen molar-refractivity contribution in [2.75, 3.05) is 7.11 Å². The molecule has 0 radical (unpaired) electrons. The number of imidazole rings is 1. The summed E-state index contributed by atoms with van der Waals surface area (Å²) in [4.78, 5) is 9.00. The lowest BCUT2D eigenvalue weighted by atomic mass is 10.1. The molecule has 1 aliphatic rings. The highest BCUT2D eigenvalue weighted by Crippen LogP contribution is 2.44. The molecule has 1 fully saturated rings. The molecule has 3 aromatic rings. The van der Waals surface area contributed by atoms with Crippen LogP contribution in [0.25, 0.3) is 17.0 Å². The Morgan fingerprint density at radius 1 is 1.33 bits per heavy atom. The van der Waals surface area contributed by atoms with Crippen LogP contribution in [0.1, 0.15) is 24.3 Å². The third kappa shape index (κ3) is 2.21. The average Bonchev–Trinajstić information content (AvgIpc) is 3.26. The fraction of sp³-hybridized carbons (Fsp3) is 0.250. The fourth-order valence-electron chi connectivity index (χ4n) is 2.64. The minimum absolute atomic E-state index is 0.620. The summed E-state index contributed by atoms with van der Waals surface area (Å²) in [7, 11) is 1.72. The third-order valence-electron chi connectivity index (χ3n) is 3.85. The van der Waals surface area contributed by atoms with Gasteiger partial charge in [-0.2, -0.15) is 0 Å². The number of aromatic nitrogens is 3. The van der Waals surface area contributed by atoms with Crippen LogP contribution in [-0.4, -0.2) is 21.5 Å². The van der Waals surface area contributed by atoms with Crippen molar-refractivity contribution >= 4 is 21.6 Å². The van der Waals surface area contributed by atoms with E-state index in [1.54, 1.807) is 7.11 Å². The summed E-state index contributed by atoms with van der Waals surface area (Å²) < 4.78 is 8.44. The van der Waals surface area contributed by atoms with E-state index in [1.807, 2.05) is 30.5 Å². The van der Waals surface area contributed by atoms with E-state index < -0.39 is 0 Å². The monoisotopic (exact) mass is 343 g/mol. The number of nitrogens with zero attached hydrogens (tertiary/aromatic N) is 3. The maximum absolute atomic E-state index is 5.51. The van der Waals surface area contributed by atoms with E-state index in [4.69, 9.17) is 4.74 Å². The first-order valence-electron chi connectivity index (χ1n) is 6.94. The molecule has 0 aliphatic heterocycles. The van der Waals surface area contributed by atoms with Crippen molar-refractivity contribution < 1.29 is 4.74 Å². The molecule has 4 rings (SSSR count). The summed E-state index contributed by atoms with van der Waals surface area (Å²) in [5.41, 5.74) is 4.05. The summed E-state index contributed by atoms with van der Waals surface area (Å²) in [5.74, 6) is 1.56. The number of methoxy groups -OCH3 is 1. The molecule has 0 amide bonds. The molecule has 0 atom stereocenters. The SMILES string of the molecule is COc1cc2ncc(-c3cccc(Br)n3)n2cc1C1CC1. The van der Waals surface area contributed by atoms with E-state index in [0.717, 1.165) is 27.4 Å². The highest BCUT2D eigenvalue weighted by molar-refractivity contribution is 9.10. The van der Waals surface area contributed by atoms with Gasteiger partial charge in [-0.3, -0.25) is 4.40 Å². The minimum Gasteiger partial charge on any atom is -0.496 e. The Hall–Kier alpha value is -1.88. The van der Waals surface area contributed by atoms with Gasteiger partial charge in [0.15, 0.2) is 0 Å². The number of ether oxygens (including phenoxy) is 1. The molecule has 0 saturated heterocycles. The topological polar surface area (TPSA) is 39.4 Å². The zero-order valence-corrected chi connectivity index (χ0v) is 13.2. The van der Waals surface area contributed by atoms with Crippen LogP contribution in [0.3, 0.4) is 0 Å². The first kappa shape index (κ1) is 12.8. The smallest absolute Gasteiger partial charge is 0.140 e. The molecule has 0 N–H and O–H groups in total. The van der Waals surface area contributed by atoms with E-state index in [-0.39, 0.29) is 0 Å². The van der Waals surface area contributed by atoms with Crippen molar-refractivity contribution in [3.63, 3.8) is 0 Å². The predicted molar refractivity (Wildman–Crippen MR) is 84.7 cm³/mol. The fourth-order valence-corrected chi connectivity index (χ4v) is 2.98. The molecule has 0 aromatic carbocycles. The molecule has 1 aliphatic carbocycles. The number of pyridine rings is 2. The average molecular weight is 344 g/mol. The van der Waals surface area contributed by atoms with E-state index in [1.165, 1.54) is 18.4 Å². The molecule has 3 aromatic heterocycles. The van der Waals surface area contributed by atoms with Gasteiger partial charge in [0.05, 0.1) is 24.7 Å². The highest BCUT2D eigenvalue weighted by Gasteiger charge is 2.28. The number of fused-ring (bicyclic) bond motifs is 1. The van der Waals surface area contributed by atoms with Gasteiger partial charge in [-0.05, 0) is 46.8 Å². The molecule has 106 valence electrons. The van der Waals surface area contributed by atoms with Crippen LogP contribution in [0.15, 0.2) is 41.3 Å². The summed E-state index contributed by atoms with van der Waals surface area (Å²) in [6.45, 7) is 0. The van der Waals surface area contributed by atoms with Crippen LogP contribution < -0.4 is 4.74 Å². The third-order valence-corrected chi connectivity index (χ3v) is 4.29. The van der Waals surface area contributed by atoms with Crippen molar-refractivity contribution in [2.24, 2.45) is 0 Å². The lowest BCUT2D eigenvalue weighted by Crippen LogP contribution is -1.97. The Balaban J connectivity index is 1.93. The second-order valence-electron chi connectivity index (χ2n) is 5.29. The Morgan fingerprint density at radius 3 is 2.90 bits per heavy atom. The Morgan fingerprint density at radius 2 is 2.19 bits per heavy atom. The van der Waals surface area contributed by atoms with Gasteiger partial charge < -0.3 is 4.74 Å². The lowest BCUT2D eigenvalue weighted by Gasteiger charge is -2.09. The number of halogens is 1. The normalized spacial score (nSPS) is 14.6. The first-order valence-corrected chi connectivity index (χ1v) is 7.73. The lowest BCUT2D eigenvalue weighted by molar-refractivity contribution is 0.409. The standard InChI is InChI=1S/C16H14BrN3O/c1-21-14-7-16-18-8-13(12-3-2-4-15(17)19-12)20(16)9-11(14)10-5-6-10/h2-4,7-10H,5-6H2,1H3. The van der Waals surface area contributed by atoms with Gasteiger partial charge in [0.1, 0.15) is 16.0 Å². The van der Waals surface area contributed by atoms with Crippen LogP contribution in [-0.2, 0) is 0 Å². The number of hydrogen-bond acceptors (Lipinski definition) is 3. The van der Waals surface area contributed by atoms with E-state index in [0.29, 0.717) is 5.92 Å². The van der Waals surface area contributed by atoms with E-state index >= 15 is 0 Å². The highest BCUT2D eigenvalue weighted by atomic mass is 79.9. The van der Waals surface area contributed by atoms with Gasteiger partial charge in [0.25, 0.3) is 0 Å². The molecule has 5 heteroatoms. The van der Waals surface area contributed by atoms with Crippen molar-refractivity contribution in [3.8, 4) is 17.1 Å².